The van der Waals surface area contributed by atoms with Crippen molar-refractivity contribution in [1.29, 1.82) is 0 Å². The number of aliphatic hydroxyl groups is 1. The predicted molar refractivity (Wildman–Crippen MR) is 32.0 cm³/mol. The Kier molecular flexibility index (Phi) is 3.11. The van der Waals surface area contributed by atoms with E-state index in [-0.39, 0.29) is 4.42 Å². The van der Waals surface area contributed by atoms with Gasteiger partial charge in [0.05, 0.1) is 0 Å². The minimum Gasteiger partial charge on any atom is -0.478 e. The molecule has 2 N–H and O–H groups in total. The summed E-state index contributed by atoms with van der Waals surface area (Å²) in [6.07, 6.45) is -1.97. The number of hydrogen-bond donors (Lipinski definition) is 2. The minimum atomic E-state index is -1.97. The van der Waals surface area contributed by atoms with Crippen LogP contribution in [0, 0.1) is 0 Å². The Morgan fingerprint density at radius 3 is 2.10 bits per heavy atom. The van der Waals surface area contributed by atoms with Gasteiger partial charge in [0.2, 0.25) is 12.1 Å². The van der Waals surface area contributed by atoms with Gasteiger partial charge in [-0.05, 0) is 0 Å². The molecule has 0 aromatic heterocycles. The molecule has 0 spiro atoms. The highest BCUT2D eigenvalue weighted by atomic mass is 35.5. The van der Waals surface area contributed by atoms with E-state index in [0.717, 1.165) is 6.92 Å². The Labute approximate surface area is 61.9 Å². The number of carboxylic acid groups (broad SMARTS) is 1. The average molecular weight is 168 g/mol. The highest BCUT2D eigenvalue weighted by Crippen LogP contribution is 2.00. The Morgan fingerprint density at radius 1 is 1.60 bits per heavy atom. The molecule has 1 amide bonds. The highest BCUT2D eigenvalue weighted by Gasteiger charge is 2.22. The van der Waals surface area contributed by atoms with Crippen LogP contribution in [0.3, 0.4) is 0 Å². The minimum absolute atomic E-state index is 0.197. The Balaban J connectivity index is 4.07. The van der Waals surface area contributed by atoms with E-state index in [1.807, 2.05) is 0 Å². The van der Waals surface area contributed by atoms with E-state index in [0.29, 0.717) is 0 Å². The summed E-state index contributed by atoms with van der Waals surface area (Å²) >= 11 is 5.01. The Hall–Kier alpha value is -0.810. The second-order valence-electron chi connectivity index (χ2n) is 1.54. The molecule has 0 radical (unpaired) electrons. The maximum Gasteiger partial charge on any atom is 0.355 e. The quantitative estimate of drug-likeness (QED) is 0.425. The number of nitrogens with zero attached hydrogens (tertiary/aromatic N) is 1. The maximum absolute atomic E-state index is 10.3. The molecule has 6 heteroatoms. The van der Waals surface area contributed by atoms with Crippen molar-refractivity contribution < 1.29 is 19.8 Å². The van der Waals surface area contributed by atoms with Gasteiger partial charge in [-0.15, -0.1) is 0 Å². The molecule has 0 rings (SSSR count). The highest BCUT2D eigenvalue weighted by molar-refractivity contribution is 6.22. The van der Waals surface area contributed by atoms with E-state index >= 15 is 0 Å². The third-order valence-electron chi connectivity index (χ3n) is 0.736. The second-order valence-corrected chi connectivity index (χ2v) is 1.91. The molecule has 0 aromatic carbocycles. The Morgan fingerprint density at radius 2 is 2.00 bits per heavy atom. The molecule has 5 nitrogen and oxygen atoms in total. The summed E-state index contributed by atoms with van der Waals surface area (Å²) < 4.78 is 0.197. The molecule has 58 valence electrons. The molecule has 1 unspecified atom stereocenters. The Bertz CT molecular complexity index is 141. The lowest BCUT2D eigenvalue weighted by molar-refractivity contribution is -0.157. The molecule has 0 bridgehead atoms. The third-order valence-corrected chi connectivity index (χ3v) is 1.16. The van der Waals surface area contributed by atoms with Crippen molar-refractivity contribution in [3.63, 3.8) is 0 Å². The molecule has 0 aliphatic rings. The van der Waals surface area contributed by atoms with Crippen LogP contribution in [0.25, 0.3) is 0 Å². The summed E-state index contributed by atoms with van der Waals surface area (Å²) in [5.74, 6) is -2.29. The van der Waals surface area contributed by atoms with Crippen LogP contribution in [-0.2, 0) is 9.59 Å². The molecule has 0 saturated carbocycles. The van der Waals surface area contributed by atoms with Crippen LogP contribution in [0.4, 0.5) is 0 Å². The molecule has 0 aliphatic heterocycles. The van der Waals surface area contributed by atoms with Crippen LogP contribution in [0.5, 0.6) is 0 Å². The number of hydrogen-bond acceptors (Lipinski definition) is 3. The van der Waals surface area contributed by atoms with E-state index in [1.165, 1.54) is 0 Å². The lowest BCUT2D eigenvalue weighted by Gasteiger charge is -2.13. The van der Waals surface area contributed by atoms with Crippen molar-refractivity contribution in [1.82, 2.24) is 4.42 Å². The van der Waals surface area contributed by atoms with Gasteiger partial charge in [-0.2, -0.15) is 0 Å². The van der Waals surface area contributed by atoms with Crippen molar-refractivity contribution in [2.24, 2.45) is 0 Å². The van der Waals surface area contributed by atoms with Crippen molar-refractivity contribution in [3.05, 3.63) is 0 Å². The number of aliphatic hydroxyl groups excluding tert-OH is 1. The molecule has 0 aromatic rings. The molecule has 0 saturated heterocycles. The van der Waals surface area contributed by atoms with Crippen LogP contribution in [-0.4, -0.2) is 32.7 Å². The van der Waals surface area contributed by atoms with Gasteiger partial charge < -0.3 is 10.2 Å². The molecule has 0 aliphatic carbocycles. The van der Waals surface area contributed by atoms with Crippen LogP contribution in [0.15, 0.2) is 0 Å². The van der Waals surface area contributed by atoms with Crippen molar-refractivity contribution in [2.75, 3.05) is 0 Å². The van der Waals surface area contributed by atoms with Crippen molar-refractivity contribution in [2.45, 2.75) is 13.2 Å². The standard InChI is InChI=1S/C4H6ClNO4/c1-2(7)6(5)3(8)4(9)10/h3,8H,1H3,(H,9,10). The first kappa shape index (κ1) is 9.19. The number of carbonyl (C=O) groups excluding carboxylic acids is 1. The van der Waals surface area contributed by atoms with Crippen LogP contribution < -0.4 is 0 Å². The first-order chi connectivity index (χ1) is 4.46. The van der Waals surface area contributed by atoms with Crippen LogP contribution in [0.1, 0.15) is 6.92 Å². The molecular weight excluding hydrogens is 161 g/mol. The number of carboxylic acids is 1. The van der Waals surface area contributed by atoms with Gasteiger partial charge in [0.15, 0.2) is 0 Å². The smallest absolute Gasteiger partial charge is 0.355 e. The number of halogens is 1. The van der Waals surface area contributed by atoms with Crippen molar-refractivity contribution >= 4 is 23.7 Å². The van der Waals surface area contributed by atoms with Gasteiger partial charge >= 0.3 is 5.97 Å². The van der Waals surface area contributed by atoms with Gasteiger partial charge in [-0.1, -0.05) is 0 Å². The summed E-state index contributed by atoms with van der Waals surface area (Å²) in [7, 11) is 0. The summed E-state index contributed by atoms with van der Waals surface area (Å²) in [5.41, 5.74) is 0. The third kappa shape index (κ3) is 2.20. The largest absolute Gasteiger partial charge is 0.478 e. The molecule has 1 atom stereocenters. The first-order valence-electron chi connectivity index (χ1n) is 2.33. The maximum atomic E-state index is 10.3. The van der Waals surface area contributed by atoms with E-state index in [1.54, 1.807) is 0 Å². The fourth-order valence-corrected chi connectivity index (χ4v) is 0.353. The lowest BCUT2D eigenvalue weighted by Crippen LogP contribution is -2.37. The molecule has 10 heavy (non-hydrogen) atoms. The monoisotopic (exact) mass is 167 g/mol. The normalized spacial score (nSPS) is 12.3. The van der Waals surface area contributed by atoms with Gasteiger partial charge in [0, 0.05) is 18.7 Å². The van der Waals surface area contributed by atoms with Crippen molar-refractivity contribution in [3.8, 4) is 0 Å². The van der Waals surface area contributed by atoms with Gasteiger partial charge in [0.1, 0.15) is 0 Å². The van der Waals surface area contributed by atoms with Gasteiger partial charge in [-0.3, -0.25) is 4.79 Å². The second kappa shape index (κ2) is 3.38. The molecular formula is C4H6ClNO4. The molecule has 0 fully saturated rings. The van der Waals surface area contributed by atoms with E-state index in [2.05, 4.69) is 0 Å². The first-order valence-corrected chi connectivity index (χ1v) is 2.67. The van der Waals surface area contributed by atoms with E-state index in [4.69, 9.17) is 22.0 Å². The zero-order valence-electron chi connectivity index (χ0n) is 5.11. The fraction of sp³-hybridized carbons (Fsp3) is 0.500. The van der Waals surface area contributed by atoms with E-state index < -0.39 is 18.1 Å². The van der Waals surface area contributed by atoms with Crippen LogP contribution in [0.2, 0.25) is 0 Å². The van der Waals surface area contributed by atoms with Gasteiger partial charge in [-0.25, -0.2) is 9.21 Å². The number of aliphatic carboxylic acids is 1. The fourth-order valence-electron chi connectivity index (χ4n) is 0.269. The van der Waals surface area contributed by atoms with E-state index in [9.17, 15) is 9.59 Å². The predicted octanol–water partition coefficient (Wildman–Crippen LogP) is -0.608. The summed E-state index contributed by atoms with van der Waals surface area (Å²) in [6, 6.07) is 0. The summed E-state index contributed by atoms with van der Waals surface area (Å²) in [6.45, 7) is 1.04. The number of amides is 1. The average Bonchev–Trinajstić information content (AvgIpc) is 1.84. The molecule has 0 heterocycles. The SMILES string of the molecule is CC(=O)N(Cl)C(O)C(=O)O. The van der Waals surface area contributed by atoms with Gasteiger partial charge in [0.25, 0.3) is 0 Å². The lowest BCUT2D eigenvalue weighted by atomic mass is 10.5. The summed E-state index contributed by atoms with van der Waals surface area (Å²) in [4.78, 5) is 20.2. The summed E-state index contributed by atoms with van der Waals surface area (Å²) in [5, 5.41) is 16.6. The number of carbonyl (C=O) groups is 2. The topological polar surface area (TPSA) is 77.8 Å². The van der Waals surface area contributed by atoms with Crippen LogP contribution >= 0.6 is 11.8 Å². The zero-order chi connectivity index (χ0) is 8.31. The zero-order valence-corrected chi connectivity index (χ0v) is 5.87. The number of rotatable bonds is 2.